The molecule has 0 saturated carbocycles. The molecule has 23 heavy (non-hydrogen) atoms. The van der Waals surface area contributed by atoms with Crippen molar-refractivity contribution in [1.82, 2.24) is 0 Å². The van der Waals surface area contributed by atoms with Gasteiger partial charge < -0.3 is 16.2 Å². The van der Waals surface area contributed by atoms with Crippen LogP contribution in [0, 0.1) is 6.92 Å². The fourth-order valence-electron chi connectivity index (χ4n) is 3.24. The number of aryl methyl sites for hydroxylation is 1. The molecule has 0 unspecified atom stereocenters. The Labute approximate surface area is 136 Å². The number of aromatic nitrogens is 1. The minimum Gasteiger partial charge on any atom is -0.502 e. The Hall–Kier alpha value is -2.43. The van der Waals surface area contributed by atoms with E-state index < -0.39 is 0 Å². The van der Waals surface area contributed by atoms with Gasteiger partial charge in [-0.1, -0.05) is 36.4 Å². The van der Waals surface area contributed by atoms with Crippen LogP contribution in [0.5, 0.6) is 5.75 Å². The molecule has 3 rings (SSSR count). The summed E-state index contributed by atoms with van der Waals surface area (Å²) in [6, 6.07) is 12.7. The van der Waals surface area contributed by atoms with Gasteiger partial charge >= 0.3 is 0 Å². The first-order chi connectivity index (χ1) is 11.2. The first-order valence-electron chi connectivity index (χ1n) is 7.89. The van der Waals surface area contributed by atoms with Crippen LogP contribution in [-0.4, -0.2) is 12.2 Å². The van der Waals surface area contributed by atoms with Gasteiger partial charge in [0, 0.05) is 30.2 Å². The van der Waals surface area contributed by atoms with Gasteiger partial charge in [-0.25, -0.2) is 4.98 Å². The standard InChI is InChI=1S/C19H21N3O/c1-12-18(16(9-20)17(23)11-22-12)19-14(10-21-2)8-7-13-5-3-4-6-15(13)19/h3-8,11,21,23H,9-10,20H2,1-2H3/p+2. The number of fused-ring (bicyclic) bond motifs is 1. The highest BCUT2D eigenvalue weighted by Gasteiger charge is 2.22. The Bertz CT molecular complexity index is 859. The summed E-state index contributed by atoms with van der Waals surface area (Å²) in [5, 5.41) is 14.8. The molecule has 118 valence electrons. The van der Waals surface area contributed by atoms with Gasteiger partial charge in [0.2, 0.25) is 6.20 Å². The van der Waals surface area contributed by atoms with Crippen molar-refractivity contribution in [2.24, 2.45) is 5.73 Å². The van der Waals surface area contributed by atoms with E-state index >= 15 is 0 Å². The lowest BCUT2D eigenvalue weighted by Gasteiger charge is -2.15. The first-order valence-corrected chi connectivity index (χ1v) is 7.89. The van der Waals surface area contributed by atoms with Crippen LogP contribution in [0.15, 0.2) is 42.6 Å². The van der Waals surface area contributed by atoms with Crippen LogP contribution in [-0.2, 0) is 13.1 Å². The molecule has 4 heteroatoms. The molecule has 0 bridgehead atoms. The number of nitrogens with two attached hydrogens (primary N) is 2. The maximum Gasteiger partial charge on any atom is 0.209 e. The second kappa shape index (κ2) is 6.36. The van der Waals surface area contributed by atoms with Crippen molar-refractivity contribution in [2.45, 2.75) is 20.0 Å². The lowest BCUT2D eigenvalue weighted by Crippen LogP contribution is -2.77. The van der Waals surface area contributed by atoms with E-state index in [1.165, 1.54) is 16.3 Å². The average Bonchev–Trinajstić information content (AvgIpc) is 2.57. The fourth-order valence-corrected chi connectivity index (χ4v) is 3.24. The number of hydrogen-bond donors (Lipinski definition) is 3. The molecule has 1 heterocycles. The number of pyridine rings is 1. The molecule has 0 aliphatic rings. The predicted molar refractivity (Wildman–Crippen MR) is 91.8 cm³/mol. The van der Waals surface area contributed by atoms with Gasteiger partial charge in [-0.15, -0.1) is 0 Å². The summed E-state index contributed by atoms with van der Waals surface area (Å²) in [6.45, 7) is 3.20. The quantitative estimate of drug-likeness (QED) is 0.683. The SMILES string of the molecule is C[NH2+]Cc1ccc2ccccc2c1-c1c(C)[nH+]cc(O)c1CN. The largest absolute Gasteiger partial charge is 0.502 e. The summed E-state index contributed by atoms with van der Waals surface area (Å²) in [6.07, 6.45) is 1.61. The molecular weight excluding hydrogens is 286 g/mol. The number of rotatable bonds is 4. The van der Waals surface area contributed by atoms with E-state index in [4.69, 9.17) is 5.73 Å². The van der Waals surface area contributed by atoms with E-state index in [2.05, 4.69) is 47.7 Å². The molecule has 0 spiro atoms. The fraction of sp³-hybridized carbons (Fsp3) is 0.211. The first kappa shape index (κ1) is 15.5. The lowest BCUT2D eigenvalue weighted by molar-refractivity contribution is -0.643. The third kappa shape index (κ3) is 2.67. The van der Waals surface area contributed by atoms with Crippen LogP contribution in [0.1, 0.15) is 16.8 Å². The van der Waals surface area contributed by atoms with Crippen molar-refractivity contribution in [3.63, 3.8) is 0 Å². The second-order valence-corrected chi connectivity index (χ2v) is 5.79. The van der Waals surface area contributed by atoms with Gasteiger partial charge in [-0.3, -0.25) is 0 Å². The van der Waals surface area contributed by atoms with E-state index in [-0.39, 0.29) is 5.75 Å². The van der Waals surface area contributed by atoms with Crippen LogP contribution in [0.4, 0.5) is 0 Å². The molecule has 4 nitrogen and oxygen atoms in total. The Balaban J connectivity index is 2.44. The maximum absolute atomic E-state index is 10.3. The van der Waals surface area contributed by atoms with Crippen LogP contribution in [0.25, 0.3) is 21.9 Å². The number of hydrogen-bond acceptors (Lipinski definition) is 2. The molecule has 0 amide bonds. The molecule has 0 saturated heterocycles. The highest BCUT2D eigenvalue weighted by molar-refractivity contribution is 5.99. The predicted octanol–water partition coefficient (Wildman–Crippen LogP) is 1.49. The molecule has 0 atom stereocenters. The Morgan fingerprint density at radius 1 is 1.13 bits per heavy atom. The zero-order valence-corrected chi connectivity index (χ0v) is 13.6. The third-order valence-corrected chi connectivity index (χ3v) is 4.30. The van der Waals surface area contributed by atoms with Crippen LogP contribution in [0.2, 0.25) is 0 Å². The second-order valence-electron chi connectivity index (χ2n) is 5.79. The number of quaternary nitrogens is 1. The number of benzene rings is 2. The normalized spacial score (nSPS) is 11.1. The van der Waals surface area contributed by atoms with Gasteiger partial charge in [-0.2, -0.15) is 0 Å². The Kier molecular flexibility index (Phi) is 4.28. The zero-order valence-electron chi connectivity index (χ0n) is 13.6. The van der Waals surface area contributed by atoms with Gasteiger partial charge in [0.1, 0.15) is 6.54 Å². The highest BCUT2D eigenvalue weighted by atomic mass is 16.3. The molecule has 0 fully saturated rings. The molecular formula is C19H23N3O+2. The van der Waals surface area contributed by atoms with Crippen LogP contribution < -0.4 is 16.0 Å². The van der Waals surface area contributed by atoms with Crippen molar-refractivity contribution < 1.29 is 15.4 Å². The molecule has 0 aliphatic carbocycles. The molecule has 3 aromatic rings. The van der Waals surface area contributed by atoms with E-state index in [0.717, 1.165) is 28.9 Å². The molecule has 2 aromatic carbocycles. The van der Waals surface area contributed by atoms with Crippen molar-refractivity contribution >= 4 is 10.8 Å². The average molecular weight is 309 g/mol. The smallest absolute Gasteiger partial charge is 0.209 e. The van der Waals surface area contributed by atoms with E-state index in [1.54, 1.807) is 6.20 Å². The summed E-state index contributed by atoms with van der Waals surface area (Å²) < 4.78 is 0. The lowest BCUT2D eigenvalue weighted by atomic mass is 9.89. The number of H-pyrrole nitrogens is 1. The Morgan fingerprint density at radius 3 is 2.65 bits per heavy atom. The monoisotopic (exact) mass is 309 g/mol. The number of nitrogens with one attached hydrogen (secondary N) is 1. The van der Waals surface area contributed by atoms with Crippen LogP contribution in [0.3, 0.4) is 0 Å². The highest BCUT2D eigenvalue weighted by Crippen LogP contribution is 2.37. The van der Waals surface area contributed by atoms with Crippen molar-refractivity contribution in [3.8, 4) is 16.9 Å². The minimum absolute atomic E-state index is 0.215. The topological polar surface area (TPSA) is 77.0 Å². The number of aromatic hydroxyl groups is 1. The third-order valence-electron chi connectivity index (χ3n) is 4.30. The molecule has 0 radical (unpaired) electrons. The van der Waals surface area contributed by atoms with Gasteiger partial charge in [0.25, 0.3) is 0 Å². The summed E-state index contributed by atoms with van der Waals surface area (Å²) in [4.78, 5) is 3.16. The van der Waals surface area contributed by atoms with E-state index in [1.807, 2.05) is 13.0 Å². The van der Waals surface area contributed by atoms with Crippen molar-refractivity contribution in [2.75, 3.05) is 7.05 Å². The molecule has 1 aromatic heterocycles. The van der Waals surface area contributed by atoms with Crippen molar-refractivity contribution in [1.29, 1.82) is 0 Å². The van der Waals surface area contributed by atoms with Gasteiger partial charge in [0.05, 0.1) is 12.6 Å². The van der Waals surface area contributed by atoms with E-state index in [9.17, 15) is 5.11 Å². The van der Waals surface area contributed by atoms with Crippen LogP contribution >= 0.6 is 0 Å². The minimum atomic E-state index is 0.215. The summed E-state index contributed by atoms with van der Waals surface area (Å²) >= 11 is 0. The Morgan fingerprint density at radius 2 is 1.91 bits per heavy atom. The number of aromatic amines is 1. The summed E-state index contributed by atoms with van der Waals surface area (Å²) in [5.41, 5.74) is 11.2. The zero-order chi connectivity index (χ0) is 16.4. The van der Waals surface area contributed by atoms with Gasteiger partial charge in [0.15, 0.2) is 11.4 Å². The van der Waals surface area contributed by atoms with Crippen molar-refractivity contribution in [3.05, 3.63) is 59.4 Å². The molecule has 0 aliphatic heterocycles. The summed E-state index contributed by atoms with van der Waals surface area (Å²) in [7, 11) is 2.06. The van der Waals surface area contributed by atoms with Gasteiger partial charge in [-0.05, 0) is 10.8 Å². The molecule has 6 N–H and O–H groups in total. The maximum atomic E-state index is 10.3. The summed E-state index contributed by atoms with van der Waals surface area (Å²) in [5.74, 6) is 0.215. The van der Waals surface area contributed by atoms with E-state index in [0.29, 0.717) is 6.54 Å².